The van der Waals surface area contributed by atoms with Crippen LogP contribution in [0.2, 0.25) is 5.02 Å². The van der Waals surface area contributed by atoms with Crippen molar-refractivity contribution < 1.29 is 9.53 Å². The zero-order valence-electron chi connectivity index (χ0n) is 11.2. The minimum Gasteiger partial charge on any atom is -0.496 e. The molecule has 2 rings (SSSR count). The van der Waals surface area contributed by atoms with Gasteiger partial charge in [-0.2, -0.15) is 0 Å². The number of carbonyl (C=O) groups excluding carboxylic acids is 1. The maximum absolute atomic E-state index is 11.5. The van der Waals surface area contributed by atoms with Gasteiger partial charge in [0.05, 0.1) is 7.11 Å². The molecule has 0 spiro atoms. The van der Waals surface area contributed by atoms with Crippen LogP contribution >= 0.6 is 11.6 Å². The van der Waals surface area contributed by atoms with Gasteiger partial charge in [0.2, 0.25) is 0 Å². The third kappa shape index (κ3) is 2.79. The minimum atomic E-state index is 0.0181. The SMILES string of the molecule is COc1ccc(C)cc1-c1cc(C(C)=O)ccc1Cl. The van der Waals surface area contributed by atoms with Crippen LogP contribution in [-0.2, 0) is 0 Å². The Hall–Kier alpha value is -1.80. The molecule has 0 atom stereocenters. The van der Waals surface area contributed by atoms with Crippen LogP contribution < -0.4 is 4.74 Å². The fourth-order valence-electron chi connectivity index (χ4n) is 1.98. The van der Waals surface area contributed by atoms with E-state index in [0.717, 1.165) is 22.4 Å². The van der Waals surface area contributed by atoms with Gasteiger partial charge in [0.1, 0.15) is 5.75 Å². The molecule has 0 N–H and O–H groups in total. The fourth-order valence-corrected chi connectivity index (χ4v) is 2.20. The highest BCUT2D eigenvalue weighted by Crippen LogP contribution is 2.36. The van der Waals surface area contributed by atoms with Crippen molar-refractivity contribution in [3.8, 4) is 16.9 Å². The first-order valence-electron chi connectivity index (χ1n) is 5.98. The van der Waals surface area contributed by atoms with Gasteiger partial charge in [-0.05, 0) is 44.2 Å². The van der Waals surface area contributed by atoms with Crippen molar-refractivity contribution in [3.05, 3.63) is 52.5 Å². The molecule has 0 aliphatic rings. The molecule has 0 heterocycles. The Bertz CT molecular complexity index is 633. The summed E-state index contributed by atoms with van der Waals surface area (Å²) in [5, 5.41) is 0.605. The lowest BCUT2D eigenvalue weighted by Gasteiger charge is -2.12. The van der Waals surface area contributed by atoms with E-state index in [9.17, 15) is 4.79 Å². The molecule has 0 saturated carbocycles. The van der Waals surface area contributed by atoms with Gasteiger partial charge in [-0.25, -0.2) is 0 Å². The van der Waals surface area contributed by atoms with Crippen molar-refractivity contribution >= 4 is 17.4 Å². The quantitative estimate of drug-likeness (QED) is 0.769. The molecule has 19 heavy (non-hydrogen) atoms. The first-order chi connectivity index (χ1) is 9.02. The second-order valence-electron chi connectivity index (χ2n) is 4.45. The summed E-state index contributed by atoms with van der Waals surface area (Å²) in [6.07, 6.45) is 0. The monoisotopic (exact) mass is 274 g/mol. The van der Waals surface area contributed by atoms with Gasteiger partial charge >= 0.3 is 0 Å². The van der Waals surface area contributed by atoms with Crippen LogP contribution in [0.1, 0.15) is 22.8 Å². The lowest BCUT2D eigenvalue weighted by Crippen LogP contribution is -1.94. The van der Waals surface area contributed by atoms with Crippen LogP contribution in [0.3, 0.4) is 0 Å². The van der Waals surface area contributed by atoms with E-state index >= 15 is 0 Å². The number of hydrogen-bond donors (Lipinski definition) is 0. The van der Waals surface area contributed by atoms with Gasteiger partial charge in [-0.15, -0.1) is 0 Å². The van der Waals surface area contributed by atoms with E-state index < -0.39 is 0 Å². The van der Waals surface area contributed by atoms with Crippen molar-refractivity contribution in [2.45, 2.75) is 13.8 Å². The fraction of sp³-hybridized carbons (Fsp3) is 0.188. The van der Waals surface area contributed by atoms with Crippen molar-refractivity contribution in [3.63, 3.8) is 0 Å². The van der Waals surface area contributed by atoms with Crippen molar-refractivity contribution in [2.75, 3.05) is 7.11 Å². The van der Waals surface area contributed by atoms with E-state index in [2.05, 4.69) is 0 Å². The predicted molar refractivity (Wildman–Crippen MR) is 78.2 cm³/mol. The van der Waals surface area contributed by atoms with E-state index in [1.807, 2.05) is 31.2 Å². The number of ketones is 1. The molecule has 0 unspecified atom stereocenters. The molecule has 0 radical (unpaired) electrons. The van der Waals surface area contributed by atoms with E-state index in [0.29, 0.717) is 10.6 Å². The molecule has 0 bridgehead atoms. The van der Waals surface area contributed by atoms with Crippen molar-refractivity contribution in [1.82, 2.24) is 0 Å². The number of Topliss-reactive ketones (excluding diaryl/α,β-unsaturated/α-hetero) is 1. The van der Waals surface area contributed by atoms with Crippen molar-refractivity contribution in [1.29, 1.82) is 0 Å². The van der Waals surface area contributed by atoms with Gasteiger partial charge in [0.25, 0.3) is 0 Å². The zero-order valence-corrected chi connectivity index (χ0v) is 11.9. The van der Waals surface area contributed by atoms with Crippen LogP contribution in [0.15, 0.2) is 36.4 Å². The van der Waals surface area contributed by atoms with Gasteiger partial charge in [0, 0.05) is 21.7 Å². The molecule has 0 fully saturated rings. The number of ether oxygens (including phenoxy) is 1. The van der Waals surface area contributed by atoms with E-state index in [1.54, 1.807) is 26.2 Å². The van der Waals surface area contributed by atoms with Crippen LogP contribution in [0, 0.1) is 6.92 Å². The third-order valence-electron chi connectivity index (χ3n) is 3.02. The second kappa shape index (κ2) is 5.45. The molecule has 2 nitrogen and oxygen atoms in total. The summed E-state index contributed by atoms with van der Waals surface area (Å²) in [7, 11) is 1.62. The standard InChI is InChI=1S/C16H15ClO2/c1-10-4-7-16(19-3)14(8-10)13-9-12(11(2)18)5-6-15(13)17/h4-9H,1-3H3. The summed E-state index contributed by atoms with van der Waals surface area (Å²) in [5.74, 6) is 0.762. The Kier molecular flexibility index (Phi) is 3.91. The lowest BCUT2D eigenvalue weighted by molar-refractivity contribution is 0.101. The maximum Gasteiger partial charge on any atom is 0.159 e. The number of rotatable bonds is 3. The Labute approximate surface area is 118 Å². The highest BCUT2D eigenvalue weighted by molar-refractivity contribution is 6.33. The van der Waals surface area contributed by atoms with Gasteiger partial charge < -0.3 is 4.74 Å². The highest BCUT2D eigenvalue weighted by atomic mass is 35.5. The summed E-state index contributed by atoms with van der Waals surface area (Å²) < 4.78 is 5.37. The van der Waals surface area contributed by atoms with E-state index in [1.165, 1.54) is 0 Å². The summed E-state index contributed by atoms with van der Waals surface area (Å²) in [6, 6.07) is 11.2. The number of halogens is 1. The molecule has 0 amide bonds. The number of hydrogen-bond acceptors (Lipinski definition) is 2. The molecule has 0 saturated heterocycles. The molecule has 0 aromatic heterocycles. The largest absolute Gasteiger partial charge is 0.496 e. The average Bonchev–Trinajstić information content (AvgIpc) is 2.39. The average molecular weight is 275 g/mol. The maximum atomic E-state index is 11.5. The summed E-state index contributed by atoms with van der Waals surface area (Å²) in [4.78, 5) is 11.5. The minimum absolute atomic E-state index is 0.0181. The first kappa shape index (κ1) is 13.6. The molecule has 2 aromatic rings. The van der Waals surface area contributed by atoms with Crippen molar-refractivity contribution in [2.24, 2.45) is 0 Å². The lowest BCUT2D eigenvalue weighted by atomic mass is 9.99. The van der Waals surface area contributed by atoms with Crippen LogP contribution in [0.25, 0.3) is 11.1 Å². The Morgan fingerprint density at radius 3 is 2.47 bits per heavy atom. The Morgan fingerprint density at radius 1 is 1.11 bits per heavy atom. The molecular formula is C16H15ClO2. The van der Waals surface area contributed by atoms with Crippen LogP contribution in [-0.4, -0.2) is 12.9 Å². The number of aryl methyl sites for hydroxylation is 1. The molecule has 0 aliphatic heterocycles. The van der Waals surface area contributed by atoms with Crippen LogP contribution in [0.5, 0.6) is 5.75 Å². The second-order valence-corrected chi connectivity index (χ2v) is 4.86. The molecule has 98 valence electrons. The normalized spacial score (nSPS) is 10.3. The third-order valence-corrected chi connectivity index (χ3v) is 3.35. The first-order valence-corrected chi connectivity index (χ1v) is 6.36. The Balaban J connectivity index is 2.67. The van der Waals surface area contributed by atoms with Gasteiger partial charge in [0.15, 0.2) is 5.78 Å². The van der Waals surface area contributed by atoms with Crippen LogP contribution in [0.4, 0.5) is 0 Å². The van der Waals surface area contributed by atoms with Gasteiger partial charge in [-0.3, -0.25) is 4.79 Å². The highest BCUT2D eigenvalue weighted by Gasteiger charge is 2.12. The number of carbonyl (C=O) groups is 1. The summed E-state index contributed by atoms with van der Waals surface area (Å²) in [6.45, 7) is 3.55. The molecule has 2 aromatic carbocycles. The van der Waals surface area contributed by atoms with E-state index in [-0.39, 0.29) is 5.78 Å². The molecule has 3 heteroatoms. The smallest absolute Gasteiger partial charge is 0.159 e. The predicted octanol–water partition coefficient (Wildman–Crippen LogP) is 4.53. The summed E-state index contributed by atoms with van der Waals surface area (Å²) in [5.41, 5.74) is 3.47. The Morgan fingerprint density at radius 2 is 1.84 bits per heavy atom. The number of benzene rings is 2. The van der Waals surface area contributed by atoms with Gasteiger partial charge in [-0.1, -0.05) is 23.2 Å². The summed E-state index contributed by atoms with van der Waals surface area (Å²) >= 11 is 6.25. The zero-order chi connectivity index (χ0) is 14.0. The van der Waals surface area contributed by atoms with E-state index in [4.69, 9.17) is 16.3 Å². The molecule has 0 aliphatic carbocycles. The number of methoxy groups -OCH3 is 1. The molecular weight excluding hydrogens is 260 g/mol. The topological polar surface area (TPSA) is 26.3 Å².